The van der Waals surface area contributed by atoms with E-state index in [1.807, 2.05) is 32.0 Å². The number of benzene rings is 3. The molecule has 2 amide bonds. The lowest BCUT2D eigenvalue weighted by molar-refractivity contribution is -0.125. The van der Waals surface area contributed by atoms with Gasteiger partial charge >= 0.3 is 0 Å². The number of hydrogen-bond donors (Lipinski definition) is 4. The third-order valence-electron chi connectivity index (χ3n) is 8.03. The predicted molar refractivity (Wildman–Crippen MR) is 188 cm³/mol. The number of carbonyl (C=O) groups excluding carboxylic acids is 2. The summed E-state index contributed by atoms with van der Waals surface area (Å²) in [5.74, 6) is -0.0304. The number of nitrogens with two attached hydrogens (primary N) is 1. The van der Waals surface area contributed by atoms with E-state index in [1.165, 1.54) is 12.1 Å². The number of nitrogen functional groups attached to an aromatic ring is 1. The highest BCUT2D eigenvalue weighted by Gasteiger charge is 2.40. The molecule has 258 valence electrons. The molecule has 0 saturated carbocycles. The number of ether oxygens (including phenoxy) is 2. The minimum absolute atomic E-state index is 0.0746. The number of amides is 2. The monoisotopic (exact) mass is 726 g/mol. The van der Waals surface area contributed by atoms with Crippen LogP contribution in [0.3, 0.4) is 0 Å². The fourth-order valence-electron chi connectivity index (χ4n) is 5.58. The van der Waals surface area contributed by atoms with Gasteiger partial charge in [0.25, 0.3) is 5.91 Å². The van der Waals surface area contributed by atoms with Gasteiger partial charge in [-0.25, -0.2) is 13.4 Å². The molecule has 0 unspecified atom stereocenters. The molecule has 4 aromatic rings. The lowest BCUT2D eigenvalue weighted by atomic mass is 10.1. The summed E-state index contributed by atoms with van der Waals surface area (Å²) >= 11 is 13.2. The quantitative estimate of drug-likeness (QED) is 0.0885. The van der Waals surface area contributed by atoms with E-state index < -0.39 is 27.9 Å². The van der Waals surface area contributed by atoms with Crippen LogP contribution in [0.25, 0.3) is 10.9 Å². The molecule has 1 aliphatic heterocycles. The third kappa shape index (κ3) is 8.24. The molecular formula is C34H36Cl2N6O6S. The standard InChI is InChI=1S/C34H36Cl2N6O6S/c1-20-17-21(2)41-32-24(20)5-3-7-28(32)48-18-25-26(35)12-13-29(31(25)36)49(45,46)42-16-4-6-27(42)34(44)40-15-14-39-30(43)19-47-23-10-8-22(9-11-23)33(37)38/h3,5,7-13,17,27H,4,6,14-16,18-19H2,1-2H3,(H3,37,38)(H,39,43)(H,40,44)/t27-/m0/s1. The molecule has 0 radical (unpaired) electrons. The number of carbonyl (C=O) groups is 2. The third-order valence-corrected chi connectivity index (χ3v) is 10.9. The first kappa shape index (κ1) is 35.9. The van der Waals surface area contributed by atoms with Crippen molar-refractivity contribution in [3.8, 4) is 11.5 Å². The van der Waals surface area contributed by atoms with E-state index >= 15 is 0 Å². The van der Waals surface area contributed by atoms with Crippen molar-refractivity contribution >= 4 is 61.8 Å². The van der Waals surface area contributed by atoms with Crippen LogP contribution in [0.15, 0.2) is 65.6 Å². The summed E-state index contributed by atoms with van der Waals surface area (Å²) in [4.78, 5) is 29.8. The fourth-order valence-corrected chi connectivity index (χ4v) is 8.10. The van der Waals surface area contributed by atoms with Crippen LogP contribution < -0.4 is 25.8 Å². The van der Waals surface area contributed by atoms with Crippen LogP contribution in [0.4, 0.5) is 0 Å². The summed E-state index contributed by atoms with van der Waals surface area (Å²) in [6.45, 7) is 3.84. The van der Waals surface area contributed by atoms with Gasteiger partial charge in [0, 0.05) is 46.9 Å². The van der Waals surface area contributed by atoms with Crippen molar-refractivity contribution in [2.45, 2.75) is 44.2 Å². The Morgan fingerprint density at radius 3 is 2.51 bits per heavy atom. The van der Waals surface area contributed by atoms with Crippen molar-refractivity contribution in [1.82, 2.24) is 19.9 Å². The lowest BCUT2D eigenvalue weighted by Gasteiger charge is -2.24. The van der Waals surface area contributed by atoms with Crippen LogP contribution >= 0.6 is 23.2 Å². The minimum Gasteiger partial charge on any atom is -0.487 e. The molecule has 1 atom stereocenters. The average molecular weight is 728 g/mol. The van der Waals surface area contributed by atoms with Gasteiger partial charge in [0.1, 0.15) is 40.4 Å². The van der Waals surface area contributed by atoms with Crippen LogP contribution in [0.1, 0.15) is 35.2 Å². The Hall–Kier alpha value is -4.43. The fraction of sp³-hybridized carbons (Fsp3) is 0.294. The highest BCUT2D eigenvalue weighted by molar-refractivity contribution is 7.89. The maximum Gasteiger partial charge on any atom is 0.258 e. The second kappa shape index (κ2) is 15.4. The van der Waals surface area contributed by atoms with E-state index in [2.05, 4.69) is 15.6 Å². The smallest absolute Gasteiger partial charge is 0.258 e. The van der Waals surface area contributed by atoms with Gasteiger partial charge in [0.15, 0.2) is 6.61 Å². The van der Waals surface area contributed by atoms with Crippen molar-refractivity contribution in [1.29, 1.82) is 5.41 Å². The molecule has 0 aliphatic carbocycles. The van der Waals surface area contributed by atoms with E-state index in [0.29, 0.717) is 41.0 Å². The number of para-hydroxylation sites is 1. The molecular weight excluding hydrogens is 691 g/mol. The molecule has 1 aromatic heterocycles. The zero-order valence-electron chi connectivity index (χ0n) is 26.9. The zero-order valence-corrected chi connectivity index (χ0v) is 29.2. The van der Waals surface area contributed by atoms with Gasteiger partial charge in [-0.2, -0.15) is 4.31 Å². The van der Waals surface area contributed by atoms with Crippen molar-refractivity contribution in [3.63, 3.8) is 0 Å². The Morgan fingerprint density at radius 1 is 1.04 bits per heavy atom. The second-order valence-corrected chi connectivity index (χ2v) is 14.1. The molecule has 1 aliphatic rings. The summed E-state index contributed by atoms with van der Waals surface area (Å²) in [6, 6.07) is 15.8. The molecule has 49 heavy (non-hydrogen) atoms. The molecule has 15 heteroatoms. The highest BCUT2D eigenvalue weighted by Crippen LogP contribution is 2.36. The van der Waals surface area contributed by atoms with Gasteiger partial charge in [0.2, 0.25) is 15.9 Å². The summed E-state index contributed by atoms with van der Waals surface area (Å²) in [5, 5.41) is 13.9. The number of fused-ring (bicyclic) bond motifs is 1. The summed E-state index contributed by atoms with van der Waals surface area (Å²) in [5.41, 5.74) is 8.81. The second-order valence-electron chi connectivity index (χ2n) is 11.5. The summed E-state index contributed by atoms with van der Waals surface area (Å²) < 4.78 is 40.5. The number of aromatic nitrogens is 1. The number of nitrogens with one attached hydrogen (secondary N) is 3. The van der Waals surface area contributed by atoms with Gasteiger partial charge in [-0.05, 0) is 80.8 Å². The van der Waals surface area contributed by atoms with Crippen LogP contribution in [-0.2, 0) is 26.2 Å². The molecule has 3 aromatic carbocycles. The number of nitrogens with zero attached hydrogens (tertiary/aromatic N) is 2. The van der Waals surface area contributed by atoms with Gasteiger partial charge in [-0.1, -0.05) is 35.3 Å². The maximum atomic E-state index is 13.9. The molecule has 5 N–H and O–H groups in total. The van der Waals surface area contributed by atoms with E-state index in [1.54, 1.807) is 30.3 Å². The number of halogens is 2. The molecule has 2 heterocycles. The SMILES string of the molecule is Cc1cc(C)c2cccc(OCc3c(Cl)ccc(S(=O)(=O)N4CCC[C@H]4C(=O)NCCNC(=O)COc4ccc(C(=N)N)cc4)c3Cl)c2n1. The molecule has 5 rings (SSSR count). The molecule has 12 nitrogen and oxygen atoms in total. The van der Waals surface area contributed by atoms with E-state index in [0.717, 1.165) is 20.9 Å². The van der Waals surface area contributed by atoms with E-state index in [4.69, 9.17) is 43.8 Å². The Labute approximate surface area is 294 Å². The normalized spacial score (nSPS) is 14.8. The summed E-state index contributed by atoms with van der Waals surface area (Å²) in [7, 11) is -4.21. The highest BCUT2D eigenvalue weighted by atomic mass is 35.5. The topological polar surface area (TPSA) is 177 Å². The van der Waals surface area contributed by atoms with Crippen LogP contribution in [0.2, 0.25) is 10.0 Å². The van der Waals surface area contributed by atoms with E-state index in [9.17, 15) is 18.0 Å². The number of hydrogen-bond acceptors (Lipinski definition) is 8. The molecule has 0 bridgehead atoms. The van der Waals surface area contributed by atoms with Gasteiger partial charge in [-0.15, -0.1) is 0 Å². The lowest BCUT2D eigenvalue weighted by Crippen LogP contribution is -2.47. The van der Waals surface area contributed by atoms with Crippen LogP contribution in [0.5, 0.6) is 11.5 Å². The van der Waals surface area contributed by atoms with Gasteiger partial charge < -0.3 is 25.8 Å². The average Bonchev–Trinajstić information content (AvgIpc) is 3.57. The number of sulfonamides is 1. The molecule has 1 saturated heterocycles. The van der Waals surface area contributed by atoms with Crippen molar-refractivity contribution in [3.05, 3.63) is 93.1 Å². The number of amidine groups is 1. The van der Waals surface area contributed by atoms with Crippen LogP contribution in [-0.4, -0.2) is 67.6 Å². The van der Waals surface area contributed by atoms with Gasteiger partial charge in [0.05, 0.1) is 5.02 Å². The number of aryl methyl sites for hydroxylation is 2. The van der Waals surface area contributed by atoms with E-state index in [-0.39, 0.29) is 53.6 Å². The molecule has 1 fully saturated rings. The Balaban J connectivity index is 1.19. The first-order valence-electron chi connectivity index (χ1n) is 15.5. The van der Waals surface area contributed by atoms with Crippen molar-refractivity contribution in [2.75, 3.05) is 26.2 Å². The Kier molecular flexibility index (Phi) is 11.3. The Morgan fingerprint density at radius 2 is 1.78 bits per heavy atom. The zero-order chi connectivity index (χ0) is 35.3. The first-order valence-corrected chi connectivity index (χ1v) is 17.7. The number of pyridine rings is 1. The number of rotatable bonds is 13. The van der Waals surface area contributed by atoms with Crippen LogP contribution in [0, 0.1) is 19.3 Å². The largest absolute Gasteiger partial charge is 0.487 e. The molecule has 0 spiro atoms. The first-order chi connectivity index (χ1) is 23.4. The van der Waals surface area contributed by atoms with Gasteiger partial charge in [-0.3, -0.25) is 15.0 Å². The Bertz CT molecular complexity index is 2010. The van der Waals surface area contributed by atoms with Crippen molar-refractivity contribution < 1.29 is 27.5 Å². The minimum atomic E-state index is -4.21. The van der Waals surface area contributed by atoms with Crippen molar-refractivity contribution in [2.24, 2.45) is 5.73 Å². The summed E-state index contributed by atoms with van der Waals surface area (Å²) in [6.07, 6.45) is 0.800. The predicted octanol–water partition coefficient (Wildman–Crippen LogP) is 4.49. The maximum absolute atomic E-state index is 13.9.